The van der Waals surface area contributed by atoms with Crippen molar-refractivity contribution in [1.82, 2.24) is 10.2 Å². The maximum absolute atomic E-state index is 12.0. The summed E-state index contributed by atoms with van der Waals surface area (Å²) in [5.74, 6) is 1.68. The van der Waals surface area contributed by atoms with Crippen LogP contribution >= 0.6 is 0 Å². The number of aryl methyl sites for hydroxylation is 1. The van der Waals surface area contributed by atoms with Crippen molar-refractivity contribution in [3.63, 3.8) is 0 Å². The SMILES string of the molecule is O=C(CCc1ccc2c(c1)OCCO2)NCCCN1CCOCC1. The van der Waals surface area contributed by atoms with Crippen LogP contribution in [0.2, 0.25) is 0 Å². The van der Waals surface area contributed by atoms with Gasteiger partial charge in [-0.3, -0.25) is 9.69 Å². The lowest BCUT2D eigenvalue weighted by Crippen LogP contribution is -2.38. The Labute approximate surface area is 143 Å². The normalized spacial score (nSPS) is 17.5. The van der Waals surface area contributed by atoms with Crippen molar-refractivity contribution in [2.75, 3.05) is 52.6 Å². The third-order valence-electron chi connectivity index (χ3n) is 4.32. The number of nitrogens with one attached hydrogen (secondary N) is 1. The van der Waals surface area contributed by atoms with Crippen LogP contribution < -0.4 is 14.8 Å². The highest BCUT2D eigenvalue weighted by molar-refractivity contribution is 5.76. The molecule has 0 aromatic heterocycles. The van der Waals surface area contributed by atoms with E-state index in [2.05, 4.69) is 10.2 Å². The number of amides is 1. The maximum atomic E-state index is 12.0. The van der Waals surface area contributed by atoms with E-state index in [1.165, 1.54) is 0 Å². The molecule has 0 atom stereocenters. The van der Waals surface area contributed by atoms with Gasteiger partial charge in [0.1, 0.15) is 13.2 Å². The van der Waals surface area contributed by atoms with E-state index in [-0.39, 0.29) is 5.91 Å². The Hall–Kier alpha value is -1.79. The molecule has 1 saturated heterocycles. The summed E-state index contributed by atoms with van der Waals surface area (Å²) in [5.41, 5.74) is 1.10. The number of hydrogen-bond acceptors (Lipinski definition) is 5. The van der Waals surface area contributed by atoms with Crippen LogP contribution in [-0.4, -0.2) is 63.4 Å². The number of ether oxygens (including phenoxy) is 3. The number of carbonyl (C=O) groups is 1. The highest BCUT2D eigenvalue weighted by atomic mass is 16.6. The summed E-state index contributed by atoms with van der Waals surface area (Å²) in [6, 6.07) is 5.89. The molecule has 2 aliphatic heterocycles. The zero-order valence-corrected chi connectivity index (χ0v) is 14.1. The largest absolute Gasteiger partial charge is 0.486 e. The predicted molar refractivity (Wildman–Crippen MR) is 90.6 cm³/mol. The van der Waals surface area contributed by atoms with Crippen LogP contribution in [0.25, 0.3) is 0 Å². The smallest absolute Gasteiger partial charge is 0.220 e. The Morgan fingerprint density at radius 1 is 1.08 bits per heavy atom. The standard InChI is InChI=1S/C18H26N2O4/c21-18(19-6-1-7-20-8-10-22-11-9-20)5-3-15-2-4-16-17(14-15)24-13-12-23-16/h2,4,14H,1,3,5-13H2,(H,19,21). The van der Waals surface area contributed by atoms with Gasteiger partial charge < -0.3 is 19.5 Å². The quantitative estimate of drug-likeness (QED) is 0.760. The van der Waals surface area contributed by atoms with Crippen molar-refractivity contribution in [1.29, 1.82) is 0 Å². The molecular formula is C18H26N2O4. The molecule has 132 valence electrons. The fourth-order valence-corrected chi connectivity index (χ4v) is 2.94. The third-order valence-corrected chi connectivity index (χ3v) is 4.32. The molecule has 1 fully saturated rings. The van der Waals surface area contributed by atoms with Crippen LogP contribution in [-0.2, 0) is 16.0 Å². The van der Waals surface area contributed by atoms with Crippen molar-refractivity contribution in [3.8, 4) is 11.5 Å². The number of rotatable bonds is 7. The lowest BCUT2D eigenvalue weighted by Gasteiger charge is -2.26. The molecule has 6 nitrogen and oxygen atoms in total. The van der Waals surface area contributed by atoms with Crippen LogP contribution in [0.15, 0.2) is 18.2 Å². The maximum Gasteiger partial charge on any atom is 0.220 e. The minimum Gasteiger partial charge on any atom is -0.486 e. The van der Waals surface area contributed by atoms with Crippen LogP contribution in [0.5, 0.6) is 11.5 Å². The summed E-state index contributed by atoms with van der Waals surface area (Å²) in [6.45, 7) is 6.57. The fourth-order valence-electron chi connectivity index (χ4n) is 2.94. The first-order valence-corrected chi connectivity index (χ1v) is 8.76. The van der Waals surface area contributed by atoms with E-state index < -0.39 is 0 Å². The molecule has 24 heavy (non-hydrogen) atoms. The summed E-state index contributed by atoms with van der Waals surface area (Å²) < 4.78 is 16.4. The first-order chi connectivity index (χ1) is 11.8. The molecule has 0 radical (unpaired) electrons. The molecule has 2 heterocycles. The Kier molecular flexibility index (Phi) is 6.32. The number of morpholine rings is 1. The van der Waals surface area contributed by atoms with Gasteiger partial charge in [0.25, 0.3) is 0 Å². The van der Waals surface area contributed by atoms with E-state index in [0.29, 0.717) is 26.1 Å². The van der Waals surface area contributed by atoms with Gasteiger partial charge in [0.05, 0.1) is 13.2 Å². The van der Waals surface area contributed by atoms with E-state index in [1.807, 2.05) is 18.2 Å². The van der Waals surface area contributed by atoms with Crippen LogP contribution in [0.4, 0.5) is 0 Å². The number of hydrogen-bond donors (Lipinski definition) is 1. The van der Waals surface area contributed by atoms with Gasteiger partial charge in [0, 0.05) is 26.1 Å². The van der Waals surface area contributed by atoms with Gasteiger partial charge in [0.2, 0.25) is 5.91 Å². The first kappa shape index (κ1) is 17.0. The average Bonchev–Trinajstić information content (AvgIpc) is 2.64. The molecule has 1 N–H and O–H groups in total. The van der Waals surface area contributed by atoms with Gasteiger partial charge in [-0.25, -0.2) is 0 Å². The van der Waals surface area contributed by atoms with Crippen molar-refractivity contribution < 1.29 is 19.0 Å². The van der Waals surface area contributed by atoms with E-state index in [9.17, 15) is 4.79 Å². The first-order valence-electron chi connectivity index (χ1n) is 8.76. The zero-order chi connectivity index (χ0) is 16.6. The third kappa shape index (κ3) is 5.11. The Bertz CT molecular complexity index is 544. The number of benzene rings is 1. The number of fused-ring (bicyclic) bond motifs is 1. The molecule has 0 unspecified atom stereocenters. The van der Waals surface area contributed by atoms with Gasteiger partial charge in [-0.15, -0.1) is 0 Å². The second kappa shape index (κ2) is 8.89. The van der Waals surface area contributed by atoms with Gasteiger partial charge in [0.15, 0.2) is 11.5 Å². The predicted octanol–water partition coefficient (Wildman–Crippen LogP) is 1.23. The monoisotopic (exact) mass is 334 g/mol. The highest BCUT2D eigenvalue weighted by Gasteiger charge is 2.12. The molecule has 3 rings (SSSR count). The Balaban J connectivity index is 1.32. The molecule has 0 bridgehead atoms. The minimum absolute atomic E-state index is 0.104. The molecule has 1 aromatic carbocycles. The minimum atomic E-state index is 0.104. The second-order valence-corrected chi connectivity index (χ2v) is 6.14. The van der Waals surface area contributed by atoms with Gasteiger partial charge in [-0.2, -0.15) is 0 Å². The van der Waals surface area contributed by atoms with Gasteiger partial charge in [-0.1, -0.05) is 6.07 Å². The highest BCUT2D eigenvalue weighted by Crippen LogP contribution is 2.30. The van der Waals surface area contributed by atoms with Crippen LogP contribution in [0.1, 0.15) is 18.4 Å². The molecular weight excluding hydrogens is 308 g/mol. The second-order valence-electron chi connectivity index (χ2n) is 6.14. The number of nitrogens with zero attached hydrogens (tertiary/aromatic N) is 1. The van der Waals surface area contributed by atoms with E-state index in [0.717, 1.165) is 62.9 Å². The zero-order valence-electron chi connectivity index (χ0n) is 14.1. The van der Waals surface area contributed by atoms with E-state index in [1.54, 1.807) is 0 Å². The lowest BCUT2D eigenvalue weighted by atomic mass is 10.1. The van der Waals surface area contributed by atoms with Crippen molar-refractivity contribution in [3.05, 3.63) is 23.8 Å². The lowest BCUT2D eigenvalue weighted by molar-refractivity contribution is -0.121. The Morgan fingerprint density at radius 3 is 2.71 bits per heavy atom. The van der Waals surface area contributed by atoms with Crippen molar-refractivity contribution in [2.45, 2.75) is 19.3 Å². The topological polar surface area (TPSA) is 60.0 Å². The van der Waals surface area contributed by atoms with Crippen LogP contribution in [0.3, 0.4) is 0 Å². The van der Waals surface area contributed by atoms with E-state index in [4.69, 9.17) is 14.2 Å². The summed E-state index contributed by atoms with van der Waals surface area (Å²) >= 11 is 0. The van der Waals surface area contributed by atoms with Gasteiger partial charge in [-0.05, 0) is 37.1 Å². The molecule has 0 saturated carbocycles. The van der Waals surface area contributed by atoms with Gasteiger partial charge >= 0.3 is 0 Å². The molecule has 1 amide bonds. The summed E-state index contributed by atoms with van der Waals surface area (Å²) in [5, 5.41) is 3.00. The molecule has 0 aliphatic carbocycles. The summed E-state index contributed by atoms with van der Waals surface area (Å²) in [4.78, 5) is 14.3. The molecule has 2 aliphatic rings. The summed E-state index contributed by atoms with van der Waals surface area (Å²) in [6.07, 6.45) is 2.19. The molecule has 6 heteroatoms. The van der Waals surface area contributed by atoms with Crippen molar-refractivity contribution >= 4 is 5.91 Å². The van der Waals surface area contributed by atoms with E-state index >= 15 is 0 Å². The average molecular weight is 334 g/mol. The van der Waals surface area contributed by atoms with Crippen LogP contribution in [0, 0.1) is 0 Å². The van der Waals surface area contributed by atoms with Crippen molar-refractivity contribution in [2.24, 2.45) is 0 Å². The number of carbonyl (C=O) groups excluding carboxylic acids is 1. The molecule has 1 aromatic rings. The fraction of sp³-hybridized carbons (Fsp3) is 0.611. The molecule has 0 spiro atoms. The Morgan fingerprint density at radius 2 is 1.88 bits per heavy atom. The summed E-state index contributed by atoms with van der Waals surface area (Å²) in [7, 11) is 0.